The normalized spacial score (nSPS) is 13.7. The molecule has 0 aliphatic heterocycles. The molecule has 0 saturated heterocycles. The van der Waals surface area contributed by atoms with Crippen molar-refractivity contribution >= 4 is 28.9 Å². The lowest BCUT2D eigenvalue weighted by Gasteiger charge is -2.16. The highest BCUT2D eigenvalue weighted by molar-refractivity contribution is 6.30. The van der Waals surface area contributed by atoms with E-state index in [4.69, 9.17) is 16.3 Å². The van der Waals surface area contributed by atoms with Gasteiger partial charge in [-0.25, -0.2) is 9.18 Å². The zero-order chi connectivity index (χ0) is 17.4. The van der Waals surface area contributed by atoms with E-state index in [0.29, 0.717) is 5.56 Å². The second-order valence-corrected chi connectivity index (χ2v) is 6.25. The van der Waals surface area contributed by atoms with E-state index in [1.165, 1.54) is 22.9 Å². The summed E-state index contributed by atoms with van der Waals surface area (Å²) >= 11 is 5.75. The first-order valence-electron chi connectivity index (χ1n) is 7.50. The molecule has 0 unspecified atom stereocenters. The molecule has 7 heteroatoms. The summed E-state index contributed by atoms with van der Waals surface area (Å²) in [6.45, 7) is 1.58. The maximum Gasteiger partial charge on any atom is 0.342 e. The van der Waals surface area contributed by atoms with Crippen LogP contribution in [0.15, 0.2) is 29.2 Å². The van der Waals surface area contributed by atoms with Crippen molar-refractivity contribution in [3.8, 4) is 0 Å². The van der Waals surface area contributed by atoms with Crippen LogP contribution in [-0.4, -0.2) is 16.6 Å². The maximum atomic E-state index is 14.1. The maximum absolute atomic E-state index is 14.1. The first-order valence-corrected chi connectivity index (χ1v) is 7.88. The van der Waals surface area contributed by atoms with Gasteiger partial charge in [-0.3, -0.25) is 4.79 Å². The molecule has 0 atom stereocenters. The van der Waals surface area contributed by atoms with E-state index in [1.54, 1.807) is 14.0 Å². The van der Waals surface area contributed by atoms with E-state index in [1.807, 2.05) is 0 Å². The third-order valence-corrected chi connectivity index (χ3v) is 4.05. The van der Waals surface area contributed by atoms with E-state index in [2.05, 4.69) is 5.32 Å². The fourth-order valence-corrected chi connectivity index (χ4v) is 2.49. The Balaban J connectivity index is 2.05. The van der Waals surface area contributed by atoms with Gasteiger partial charge >= 0.3 is 5.97 Å². The monoisotopic (exact) mass is 350 g/mol. The van der Waals surface area contributed by atoms with Crippen LogP contribution in [0.2, 0.25) is 5.02 Å². The molecule has 1 fully saturated rings. The number of carbonyl (C=O) groups is 1. The number of pyridine rings is 1. The molecule has 0 spiro atoms. The van der Waals surface area contributed by atoms with Crippen molar-refractivity contribution in [1.82, 2.24) is 4.57 Å². The predicted octanol–water partition coefficient (Wildman–Crippen LogP) is 3.55. The second-order valence-electron chi connectivity index (χ2n) is 5.81. The van der Waals surface area contributed by atoms with Crippen LogP contribution in [0.3, 0.4) is 0 Å². The summed E-state index contributed by atoms with van der Waals surface area (Å²) in [5.41, 5.74) is 0.573. The standard InChI is InChI=1S/C17H16ClFN2O3/c1-9-15(20-14-6-3-10(18)7-13(14)19)12(8-21(2)16(9)22)17(23)24-11-4-5-11/h3,6-8,11,20H,4-5H2,1-2H3. The fourth-order valence-electron chi connectivity index (χ4n) is 2.33. The van der Waals surface area contributed by atoms with Crippen molar-refractivity contribution in [2.24, 2.45) is 7.05 Å². The van der Waals surface area contributed by atoms with Crippen LogP contribution in [0.1, 0.15) is 28.8 Å². The Kier molecular flexibility index (Phi) is 4.32. The molecular formula is C17H16ClFN2O3. The van der Waals surface area contributed by atoms with Crippen LogP contribution >= 0.6 is 11.6 Å². The fraction of sp³-hybridized carbons (Fsp3) is 0.294. The molecule has 0 bridgehead atoms. The van der Waals surface area contributed by atoms with Gasteiger partial charge in [0, 0.05) is 23.8 Å². The Morgan fingerprint density at radius 1 is 1.42 bits per heavy atom. The quantitative estimate of drug-likeness (QED) is 0.857. The highest BCUT2D eigenvalue weighted by Gasteiger charge is 2.28. The summed E-state index contributed by atoms with van der Waals surface area (Å²) in [6.07, 6.45) is 3.00. The Morgan fingerprint density at radius 3 is 2.75 bits per heavy atom. The minimum atomic E-state index is -0.580. The zero-order valence-electron chi connectivity index (χ0n) is 13.2. The van der Waals surface area contributed by atoms with Crippen molar-refractivity contribution in [1.29, 1.82) is 0 Å². The van der Waals surface area contributed by atoms with Gasteiger partial charge in [-0.1, -0.05) is 11.6 Å². The Labute approximate surface area is 143 Å². The molecule has 1 aliphatic carbocycles. The summed E-state index contributed by atoms with van der Waals surface area (Å²) in [5.74, 6) is -1.11. The highest BCUT2D eigenvalue weighted by Crippen LogP contribution is 2.29. The van der Waals surface area contributed by atoms with Crippen molar-refractivity contribution in [2.75, 3.05) is 5.32 Å². The van der Waals surface area contributed by atoms with Gasteiger partial charge in [0.05, 0.1) is 16.9 Å². The molecule has 5 nitrogen and oxygen atoms in total. The van der Waals surface area contributed by atoms with Crippen molar-refractivity contribution in [3.63, 3.8) is 0 Å². The molecule has 126 valence electrons. The lowest BCUT2D eigenvalue weighted by Crippen LogP contribution is -2.24. The molecule has 3 rings (SSSR count). The minimum absolute atomic E-state index is 0.0739. The van der Waals surface area contributed by atoms with Gasteiger partial charge in [0.25, 0.3) is 5.56 Å². The Hall–Kier alpha value is -2.34. The number of nitrogens with one attached hydrogen (secondary N) is 1. The molecule has 0 amide bonds. The summed E-state index contributed by atoms with van der Waals surface area (Å²) in [5, 5.41) is 3.09. The number of aromatic nitrogens is 1. The number of halogens is 2. The Morgan fingerprint density at radius 2 is 2.12 bits per heavy atom. The lowest BCUT2D eigenvalue weighted by molar-refractivity contribution is 0.0472. The summed E-state index contributed by atoms with van der Waals surface area (Å²) < 4.78 is 20.7. The van der Waals surface area contributed by atoms with E-state index >= 15 is 0 Å². The van der Waals surface area contributed by atoms with E-state index in [0.717, 1.165) is 18.9 Å². The predicted molar refractivity (Wildman–Crippen MR) is 89.6 cm³/mol. The summed E-state index contributed by atoms with van der Waals surface area (Å²) in [6, 6.07) is 4.12. The summed E-state index contributed by atoms with van der Waals surface area (Å²) in [7, 11) is 1.55. The van der Waals surface area contributed by atoms with Crippen LogP contribution in [-0.2, 0) is 11.8 Å². The molecule has 1 aromatic carbocycles. The van der Waals surface area contributed by atoms with E-state index in [9.17, 15) is 14.0 Å². The molecule has 1 saturated carbocycles. The average Bonchev–Trinajstić information content (AvgIpc) is 3.33. The topological polar surface area (TPSA) is 60.3 Å². The van der Waals surface area contributed by atoms with Gasteiger partial charge in [-0.15, -0.1) is 0 Å². The van der Waals surface area contributed by atoms with E-state index in [-0.39, 0.29) is 33.6 Å². The number of aryl methyl sites for hydroxylation is 1. The lowest BCUT2D eigenvalue weighted by atomic mass is 10.1. The van der Waals surface area contributed by atoms with Gasteiger partial charge in [-0.05, 0) is 38.0 Å². The van der Waals surface area contributed by atoms with Gasteiger partial charge in [-0.2, -0.15) is 0 Å². The Bertz CT molecular complexity index is 875. The molecule has 1 aliphatic rings. The van der Waals surface area contributed by atoms with E-state index < -0.39 is 11.8 Å². The summed E-state index contributed by atoms with van der Waals surface area (Å²) in [4.78, 5) is 24.6. The third kappa shape index (κ3) is 3.28. The largest absolute Gasteiger partial charge is 0.459 e. The average molecular weight is 351 g/mol. The number of rotatable bonds is 4. The van der Waals surface area contributed by atoms with Gasteiger partial charge in [0.15, 0.2) is 0 Å². The molecule has 24 heavy (non-hydrogen) atoms. The number of nitrogens with zero attached hydrogens (tertiary/aromatic N) is 1. The van der Waals surface area contributed by atoms with Crippen LogP contribution in [0.5, 0.6) is 0 Å². The molecule has 1 N–H and O–H groups in total. The first kappa shape index (κ1) is 16.5. The molecule has 1 heterocycles. The van der Waals surface area contributed by atoms with Crippen LogP contribution in [0.25, 0.3) is 0 Å². The third-order valence-electron chi connectivity index (χ3n) is 3.82. The van der Waals surface area contributed by atoms with Crippen LogP contribution in [0, 0.1) is 12.7 Å². The second kappa shape index (κ2) is 6.28. The highest BCUT2D eigenvalue weighted by atomic mass is 35.5. The molecular weight excluding hydrogens is 335 g/mol. The van der Waals surface area contributed by atoms with Crippen LogP contribution in [0.4, 0.5) is 15.8 Å². The number of anilines is 2. The molecule has 2 aromatic rings. The number of carbonyl (C=O) groups excluding carboxylic acids is 1. The molecule has 1 aromatic heterocycles. The van der Waals surface area contributed by atoms with Gasteiger partial charge in [0.1, 0.15) is 11.9 Å². The SMILES string of the molecule is Cc1c(Nc2ccc(Cl)cc2F)c(C(=O)OC2CC2)cn(C)c1=O. The van der Waals surface area contributed by atoms with Gasteiger partial charge in [0.2, 0.25) is 0 Å². The number of hydrogen-bond donors (Lipinski definition) is 1. The van der Waals surface area contributed by atoms with Crippen molar-refractivity contribution in [3.05, 3.63) is 56.7 Å². The number of hydrogen-bond acceptors (Lipinski definition) is 4. The number of esters is 1. The van der Waals surface area contributed by atoms with Crippen LogP contribution < -0.4 is 10.9 Å². The number of benzene rings is 1. The smallest absolute Gasteiger partial charge is 0.342 e. The number of ether oxygens (including phenoxy) is 1. The minimum Gasteiger partial charge on any atom is -0.459 e. The molecule has 0 radical (unpaired) electrons. The van der Waals surface area contributed by atoms with Gasteiger partial charge < -0.3 is 14.6 Å². The zero-order valence-corrected chi connectivity index (χ0v) is 14.0. The van der Waals surface area contributed by atoms with Crippen molar-refractivity contribution in [2.45, 2.75) is 25.9 Å². The van der Waals surface area contributed by atoms with Crippen molar-refractivity contribution < 1.29 is 13.9 Å². The first-order chi connectivity index (χ1) is 11.4.